The Kier molecular flexibility index (Phi) is 5.69. The van der Waals surface area contributed by atoms with E-state index in [0.29, 0.717) is 23.4 Å². The Morgan fingerprint density at radius 2 is 1.84 bits per heavy atom. The van der Waals surface area contributed by atoms with Gasteiger partial charge in [0.15, 0.2) is 5.76 Å². The number of amides is 2. The minimum atomic E-state index is -1.07. The Labute approximate surface area is 145 Å². The third-order valence-electron chi connectivity index (χ3n) is 3.70. The summed E-state index contributed by atoms with van der Waals surface area (Å²) >= 11 is 0. The van der Waals surface area contributed by atoms with Crippen molar-refractivity contribution in [3.8, 4) is 11.3 Å². The summed E-state index contributed by atoms with van der Waals surface area (Å²) in [5, 5.41) is 6.44. The zero-order valence-electron chi connectivity index (χ0n) is 14.4. The molecule has 2 aromatic rings. The molecule has 0 radical (unpaired) electrons. The molecule has 1 heterocycles. The molecule has 0 saturated carbocycles. The van der Waals surface area contributed by atoms with Crippen LogP contribution < -0.4 is 11.1 Å². The third kappa shape index (κ3) is 4.32. The van der Waals surface area contributed by atoms with Crippen molar-refractivity contribution in [1.82, 2.24) is 10.5 Å². The fraction of sp³-hybridized carbons (Fsp3) is 0.333. The zero-order chi connectivity index (χ0) is 18.6. The van der Waals surface area contributed by atoms with E-state index in [9.17, 15) is 14.4 Å². The summed E-state index contributed by atoms with van der Waals surface area (Å²) < 4.78 is 5.29. The number of carbonyl (C=O) groups is 3. The van der Waals surface area contributed by atoms with E-state index < -0.39 is 23.6 Å². The predicted octanol–water partition coefficient (Wildman–Crippen LogP) is 1.85. The van der Waals surface area contributed by atoms with Gasteiger partial charge in [-0.2, -0.15) is 0 Å². The van der Waals surface area contributed by atoms with Crippen LogP contribution in [0, 0.1) is 12.8 Å². The van der Waals surface area contributed by atoms with Crippen molar-refractivity contribution in [3.05, 3.63) is 41.6 Å². The van der Waals surface area contributed by atoms with E-state index in [4.69, 9.17) is 10.3 Å². The topological polar surface area (TPSA) is 115 Å². The van der Waals surface area contributed by atoms with E-state index in [-0.39, 0.29) is 11.5 Å². The number of aryl methyl sites for hydroxylation is 1. The van der Waals surface area contributed by atoms with Gasteiger partial charge in [0.05, 0.1) is 11.7 Å². The van der Waals surface area contributed by atoms with Gasteiger partial charge < -0.3 is 15.6 Å². The second kappa shape index (κ2) is 7.74. The van der Waals surface area contributed by atoms with Gasteiger partial charge in [0.25, 0.3) is 11.8 Å². The van der Waals surface area contributed by atoms with Gasteiger partial charge in [-0.3, -0.25) is 14.4 Å². The summed E-state index contributed by atoms with van der Waals surface area (Å²) in [6, 6.07) is 8.06. The molecular formula is C18H21N3O4. The van der Waals surface area contributed by atoms with Gasteiger partial charge >= 0.3 is 0 Å². The molecule has 0 fully saturated rings. The van der Waals surface area contributed by atoms with Crippen molar-refractivity contribution in [2.45, 2.75) is 33.2 Å². The molecule has 0 spiro atoms. The van der Waals surface area contributed by atoms with Crippen LogP contribution in [-0.2, 0) is 9.59 Å². The normalized spacial score (nSPS) is 12.0. The van der Waals surface area contributed by atoms with Gasteiger partial charge in [-0.05, 0) is 19.3 Å². The van der Waals surface area contributed by atoms with Crippen molar-refractivity contribution in [3.63, 3.8) is 0 Å². The lowest BCUT2D eigenvalue weighted by Gasteiger charge is -2.18. The SMILES string of the molecule is Cc1noc(-c2ccccc2)c1C(=O)N[C@@H](CC(C)C)C(=O)C(N)=O. The highest BCUT2D eigenvalue weighted by Crippen LogP contribution is 2.26. The minimum Gasteiger partial charge on any atom is -0.363 e. The molecule has 1 aromatic carbocycles. The van der Waals surface area contributed by atoms with E-state index in [1.807, 2.05) is 32.0 Å². The van der Waals surface area contributed by atoms with E-state index in [2.05, 4.69) is 10.5 Å². The molecular weight excluding hydrogens is 322 g/mol. The van der Waals surface area contributed by atoms with E-state index in [1.54, 1.807) is 19.1 Å². The number of nitrogens with two attached hydrogens (primary N) is 1. The molecule has 0 aliphatic rings. The first-order valence-electron chi connectivity index (χ1n) is 7.97. The Morgan fingerprint density at radius 1 is 1.20 bits per heavy atom. The third-order valence-corrected chi connectivity index (χ3v) is 3.70. The number of Topliss-reactive ketones (excluding diaryl/α,β-unsaturated/α-hetero) is 1. The highest BCUT2D eigenvalue weighted by Gasteiger charge is 2.29. The van der Waals surface area contributed by atoms with E-state index in [1.165, 1.54) is 0 Å². The van der Waals surface area contributed by atoms with E-state index in [0.717, 1.165) is 0 Å². The maximum Gasteiger partial charge on any atom is 0.287 e. The number of hydrogen-bond donors (Lipinski definition) is 2. The molecule has 3 N–H and O–H groups in total. The summed E-state index contributed by atoms with van der Waals surface area (Å²) in [5.41, 5.74) is 6.41. The first-order chi connectivity index (χ1) is 11.8. The van der Waals surface area contributed by atoms with Crippen LogP contribution in [0.25, 0.3) is 11.3 Å². The van der Waals surface area contributed by atoms with Crippen LogP contribution in [0.3, 0.4) is 0 Å². The molecule has 0 aliphatic carbocycles. The molecule has 2 rings (SSSR count). The van der Waals surface area contributed by atoms with Crippen LogP contribution in [0.1, 0.15) is 36.3 Å². The molecule has 25 heavy (non-hydrogen) atoms. The number of benzene rings is 1. The maximum atomic E-state index is 12.7. The number of hydrogen-bond acceptors (Lipinski definition) is 5. The molecule has 132 valence electrons. The largest absolute Gasteiger partial charge is 0.363 e. The summed E-state index contributed by atoms with van der Waals surface area (Å²) in [6.45, 7) is 5.40. The summed E-state index contributed by atoms with van der Waals surface area (Å²) in [4.78, 5) is 36.0. The van der Waals surface area contributed by atoms with Gasteiger partial charge in [0.2, 0.25) is 5.78 Å². The number of nitrogens with one attached hydrogen (secondary N) is 1. The van der Waals surface area contributed by atoms with Crippen molar-refractivity contribution in [1.29, 1.82) is 0 Å². The lowest BCUT2D eigenvalue weighted by molar-refractivity contribution is -0.137. The van der Waals surface area contributed by atoms with Crippen LogP contribution in [0.5, 0.6) is 0 Å². The van der Waals surface area contributed by atoms with Crippen LogP contribution in [0.15, 0.2) is 34.9 Å². The van der Waals surface area contributed by atoms with Crippen LogP contribution in [0.4, 0.5) is 0 Å². The predicted molar refractivity (Wildman–Crippen MR) is 91.6 cm³/mol. The van der Waals surface area contributed by atoms with E-state index >= 15 is 0 Å². The molecule has 7 heteroatoms. The van der Waals surface area contributed by atoms with Crippen molar-refractivity contribution < 1.29 is 18.9 Å². The molecule has 0 bridgehead atoms. The Morgan fingerprint density at radius 3 is 2.40 bits per heavy atom. The highest BCUT2D eigenvalue weighted by atomic mass is 16.5. The van der Waals surface area contributed by atoms with Gasteiger partial charge in [0.1, 0.15) is 5.56 Å². The first-order valence-corrected chi connectivity index (χ1v) is 7.97. The second-order valence-electron chi connectivity index (χ2n) is 6.22. The standard InChI is InChI=1S/C18H21N3O4/c1-10(2)9-13(15(22)17(19)23)20-18(24)14-11(3)21-25-16(14)12-7-5-4-6-8-12/h4-8,10,13H,9H2,1-3H3,(H2,19,23)(H,20,24)/t13-/m0/s1. The number of nitrogens with zero attached hydrogens (tertiary/aromatic N) is 1. The van der Waals surface area contributed by atoms with Gasteiger partial charge in [-0.25, -0.2) is 0 Å². The maximum absolute atomic E-state index is 12.7. The average Bonchev–Trinajstić information content (AvgIpc) is 2.95. The quantitative estimate of drug-likeness (QED) is 0.744. The van der Waals surface area contributed by atoms with Crippen LogP contribution >= 0.6 is 0 Å². The molecule has 0 unspecified atom stereocenters. The fourth-order valence-electron chi connectivity index (χ4n) is 2.53. The highest BCUT2D eigenvalue weighted by molar-refractivity contribution is 6.38. The minimum absolute atomic E-state index is 0.0887. The first kappa shape index (κ1) is 18.4. The Balaban J connectivity index is 2.32. The zero-order valence-corrected chi connectivity index (χ0v) is 14.4. The summed E-state index contributed by atoms with van der Waals surface area (Å²) in [5.74, 6) is -2.03. The smallest absolute Gasteiger partial charge is 0.287 e. The molecule has 1 aromatic heterocycles. The number of carbonyl (C=O) groups excluding carboxylic acids is 3. The molecule has 7 nitrogen and oxygen atoms in total. The number of rotatable bonds is 7. The van der Waals surface area contributed by atoms with Gasteiger partial charge in [-0.1, -0.05) is 49.3 Å². The van der Waals surface area contributed by atoms with Crippen LogP contribution in [-0.4, -0.2) is 28.8 Å². The lowest BCUT2D eigenvalue weighted by atomic mass is 9.99. The van der Waals surface area contributed by atoms with Crippen molar-refractivity contribution in [2.24, 2.45) is 11.7 Å². The van der Waals surface area contributed by atoms with Crippen molar-refractivity contribution in [2.75, 3.05) is 0 Å². The lowest BCUT2D eigenvalue weighted by Crippen LogP contribution is -2.46. The molecule has 0 aliphatic heterocycles. The Bertz CT molecular complexity index is 781. The number of ketones is 1. The second-order valence-corrected chi connectivity index (χ2v) is 6.22. The van der Waals surface area contributed by atoms with Gasteiger partial charge in [-0.15, -0.1) is 0 Å². The van der Waals surface area contributed by atoms with Crippen molar-refractivity contribution >= 4 is 17.6 Å². The fourth-order valence-corrected chi connectivity index (χ4v) is 2.53. The summed E-state index contributed by atoms with van der Waals surface area (Å²) in [6.07, 6.45) is 0.304. The van der Waals surface area contributed by atoms with Crippen LogP contribution in [0.2, 0.25) is 0 Å². The monoisotopic (exact) mass is 343 g/mol. The molecule has 2 amide bonds. The number of primary amides is 1. The Hall–Kier alpha value is -2.96. The number of aromatic nitrogens is 1. The van der Waals surface area contributed by atoms with Gasteiger partial charge in [0, 0.05) is 5.56 Å². The average molecular weight is 343 g/mol. The molecule has 1 atom stereocenters. The summed E-state index contributed by atoms with van der Waals surface area (Å²) in [7, 11) is 0. The molecule has 0 saturated heterocycles.